The van der Waals surface area contributed by atoms with Gasteiger partial charge in [0.1, 0.15) is 0 Å². The zero-order valence-electron chi connectivity index (χ0n) is 49.4. The monoisotopic (exact) mass is 1030 g/mol. The Morgan fingerprint density at radius 1 is 0.384 bits per heavy atom. The lowest BCUT2D eigenvalue weighted by atomic mass is 10.0. The van der Waals surface area contributed by atoms with Crippen molar-refractivity contribution in [1.82, 2.24) is 5.32 Å². The molecule has 0 radical (unpaired) electrons. The molecule has 0 rings (SSSR count). The summed E-state index contributed by atoms with van der Waals surface area (Å²) in [7, 11) is 0. The number of carbonyl (C=O) groups excluding carboxylic acids is 2. The summed E-state index contributed by atoms with van der Waals surface area (Å²) >= 11 is 0. The third-order valence-corrected chi connectivity index (χ3v) is 15.5. The second kappa shape index (κ2) is 62.9. The second-order valence-corrected chi connectivity index (χ2v) is 22.8. The molecule has 1 amide bonds. The molecule has 0 aromatic heterocycles. The number of allylic oxidation sites excluding steroid dienone is 4. The minimum Gasteiger partial charge on any atom is -0.466 e. The van der Waals surface area contributed by atoms with Crippen LogP contribution in [-0.2, 0) is 14.3 Å². The molecule has 2 unspecified atom stereocenters. The van der Waals surface area contributed by atoms with Crippen molar-refractivity contribution in [2.75, 3.05) is 13.2 Å². The van der Waals surface area contributed by atoms with Gasteiger partial charge in [-0.05, 0) is 51.4 Å². The molecule has 2 atom stereocenters. The fourth-order valence-electron chi connectivity index (χ4n) is 10.4. The minimum atomic E-state index is -0.660. The van der Waals surface area contributed by atoms with Gasteiger partial charge in [0.05, 0.1) is 25.4 Å². The van der Waals surface area contributed by atoms with Gasteiger partial charge < -0.3 is 20.3 Å². The topological polar surface area (TPSA) is 95.9 Å². The van der Waals surface area contributed by atoms with Crippen LogP contribution in [0.5, 0.6) is 0 Å². The van der Waals surface area contributed by atoms with Crippen LogP contribution < -0.4 is 5.32 Å². The molecule has 0 saturated heterocycles. The SMILES string of the molecule is CCCC/C=C\C/C=C\CCCCCCCC(=O)OCCCCCCCCCCCCCCCCCCCCCCCCCCCCCCCC(=O)NC(CO)C(O)CCCCCCCCCCCCCCC. The van der Waals surface area contributed by atoms with Crippen molar-refractivity contribution >= 4 is 11.9 Å². The van der Waals surface area contributed by atoms with Crippen molar-refractivity contribution in [2.24, 2.45) is 0 Å². The second-order valence-electron chi connectivity index (χ2n) is 22.8. The highest BCUT2D eigenvalue weighted by Gasteiger charge is 2.20. The molecule has 432 valence electrons. The predicted molar refractivity (Wildman–Crippen MR) is 320 cm³/mol. The van der Waals surface area contributed by atoms with Gasteiger partial charge >= 0.3 is 5.97 Å². The number of rotatable bonds is 62. The van der Waals surface area contributed by atoms with E-state index in [-0.39, 0.29) is 18.5 Å². The van der Waals surface area contributed by atoms with Crippen LogP contribution in [-0.4, -0.2) is 47.4 Å². The Kier molecular flexibility index (Phi) is 61.4. The van der Waals surface area contributed by atoms with E-state index in [1.165, 1.54) is 283 Å². The molecule has 0 saturated carbocycles. The van der Waals surface area contributed by atoms with E-state index in [0.717, 1.165) is 51.4 Å². The van der Waals surface area contributed by atoms with Crippen molar-refractivity contribution in [3.63, 3.8) is 0 Å². The van der Waals surface area contributed by atoms with Crippen molar-refractivity contribution in [3.05, 3.63) is 24.3 Å². The van der Waals surface area contributed by atoms with Gasteiger partial charge in [0.2, 0.25) is 5.91 Å². The summed E-state index contributed by atoms with van der Waals surface area (Å²) in [4.78, 5) is 24.5. The lowest BCUT2D eigenvalue weighted by Gasteiger charge is -2.22. The summed E-state index contributed by atoms with van der Waals surface area (Å²) in [6, 6.07) is -0.537. The molecule has 73 heavy (non-hydrogen) atoms. The largest absolute Gasteiger partial charge is 0.466 e. The van der Waals surface area contributed by atoms with E-state index in [1.807, 2.05) is 0 Å². The third-order valence-electron chi connectivity index (χ3n) is 15.5. The number of hydrogen-bond donors (Lipinski definition) is 3. The van der Waals surface area contributed by atoms with Crippen LogP contribution in [0.3, 0.4) is 0 Å². The van der Waals surface area contributed by atoms with Crippen LogP contribution in [0.2, 0.25) is 0 Å². The Balaban J connectivity index is 3.32. The molecule has 6 nitrogen and oxygen atoms in total. The zero-order valence-corrected chi connectivity index (χ0v) is 49.4. The molecule has 0 fully saturated rings. The fourth-order valence-corrected chi connectivity index (χ4v) is 10.4. The highest BCUT2D eigenvalue weighted by Crippen LogP contribution is 2.19. The van der Waals surface area contributed by atoms with Crippen molar-refractivity contribution in [2.45, 2.75) is 379 Å². The first-order valence-electron chi connectivity index (χ1n) is 33.1. The molecule has 0 aromatic carbocycles. The fraction of sp³-hybridized carbons (Fsp3) is 0.910. The van der Waals surface area contributed by atoms with Crippen LogP contribution in [0.1, 0.15) is 367 Å². The predicted octanol–water partition coefficient (Wildman–Crippen LogP) is 21.0. The van der Waals surface area contributed by atoms with E-state index in [2.05, 4.69) is 43.5 Å². The standard InChI is InChI=1S/C67H129NO5/c1-3-5-7-9-11-13-15-17-37-41-45-49-53-57-61-67(72)73-62-58-54-50-46-42-38-34-32-30-28-26-24-22-20-18-19-21-23-25-27-29-31-33-36-40-44-48-52-56-60-66(71)68-64(63-69)65(70)59-55-51-47-43-39-35-16-14-12-10-8-6-4-2/h9,11,15,17,64-65,69-70H,3-8,10,12-14,16,18-63H2,1-2H3,(H,68,71)/b11-9-,17-15-. The Bertz CT molecular complexity index is 1140. The van der Waals surface area contributed by atoms with Crippen LogP contribution >= 0.6 is 0 Å². The molecule has 3 N–H and O–H groups in total. The molecule has 0 aliphatic rings. The van der Waals surface area contributed by atoms with E-state index in [1.54, 1.807) is 0 Å². The molecule has 6 heteroatoms. The molecule has 0 spiro atoms. The average Bonchev–Trinajstić information content (AvgIpc) is 3.39. The summed E-state index contributed by atoms with van der Waals surface area (Å²) in [5.74, 6) is -0.0247. The van der Waals surface area contributed by atoms with Crippen molar-refractivity contribution in [1.29, 1.82) is 0 Å². The van der Waals surface area contributed by atoms with E-state index >= 15 is 0 Å². The first-order valence-corrected chi connectivity index (χ1v) is 33.1. The number of carbonyl (C=O) groups is 2. The number of nitrogens with one attached hydrogen (secondary N) is 1. The molecule has 0 bridgehead atoms. The first kappa shape index (κ1) is 71.3. The first-order chi connectivity index (χ1) is 36.0. The van der Waals surface area contributed by atoms with E-state index in [0.29, 0.717) is 25.9 Å². The van der Waals surface area contributed by atoms with Gasteiger partial charge in [-0.1, -0.05) is 327 Å². The quantitative estimate of drug-likeness (QED) is 0.0320. The van der Waals surface area contributed by atoms with Gasteiger partial charge in [-0.25, -0.2) is 0 Å². The number of esters is 1. The summed E-state index contributed by atoms with van der Waals surface area (Å²) in [5, 5.41) is 23.3. The lowest BCUT2D eigenvalue weighted by molar-refractivity contribution is -0.143. The zero-order chi connectivity index (χ0) is 52.9. The Labute approximate surface area is 456 Å². The molecular formula is C67H129NO5. The van der Waals surface area contributed by atoms with E-state index in [9.17, 15) is 19.8 Å². The third kappa shape index (κ3) is 59.4. The molecule has 0 aromatic rings. The number of amides is 1. The Hall–Kier alpha value is -1.66. The average molecular weight is 1030 g/mol. The number of aliphatic hydroxyl groups is 2. The molecule has 0 heterocycles. The number of unbranched alkanes of at least 4 members (excludes halogenated alkanes) is 47. The maximum absolute atomic E-state index is 12.5. The summed E-state index contributed by atoms with van der Waals surface area (Å²) in [5.41, 5.74) is 0. The minimum absolute atomic E-state index is 0.00515. The number of ether oxygens (including phenoxy) is 1. The van der Waals surface area contributed by atoms with Gasteiger partial charge in [-0.2, -0.15) is 0 Å². The highest BCUT2D eigenvalue weighted by molar-refractivity contribution is 5.76. The van der Waals surface area contributed by atoms with Crippen LogP contribution in [0.15, 0.2) is 24.3 Å². The van der Waals surface area contributed by atoms with Crippen LogP contribution in [0, 0.1) is 0 Å². The number of aliphatic hydroxyl groups excluding tert-OH is 2. The van der Waals surface area contributed by atoms with Crippen molar-refractivity contribution in [3.8, 4) is 0 Å². The summed E-state index contributed by atoms with van der Waals surface area (Å²) in [6.45, 7) is 4.93. The van der Waals surface area contributed by atoms with E-state index in [4.69, 9.17) is 4.74 Å². The Morgan fingerprint density at radius 2 is 0.699 bits per heavy atom. The van der Waals surface area contributed by atoms with Gasteiger partial charge in [-0.15, -0.1) is 0 Å². The van der Waals surface area contributed by atoms with Gasteiger partial charge in [0.15, 0.2) is 0 Å². The smallest absolute Gasteiger partial charge is 0.305 e. The number of hydrogen-bond acceptors (Lipinski definition) is 5. The van der Waals surface area contributed by atoms with Crippen molar-refractivity contribution < 1.29 is 24.5 Å². The van der Waals surface area contributed by atoms with Gasteiger partial charge in [0, 0.05) is 12.8 Å². The maximum Gasteiger partial charge on any atom is 0.305 e. The molecule has 0 aliphatic carbocycles. The van der Waals surface area contributed by atoms with Crippen LogP contribution in [0.4, 0.5) is 0 Å². The maximum atomic E-state index is 12.5. The van der Waals surface area contributed by atoms with Gasteiger partial charge in [0.25, 0.3) is 0 Å². The van der Waals surface area contributed by atoms with Crippen LogP contribution in [0.25, 0.3) is 0 Å². The lowest BCUT2D eigenvalue weighted by Crippen LogP contribution is -2.45. The Morgan fingerprint density at radius 3 is 1.08 bits per heavy atom. The summed E-state index contributed by atoms with van der Waals surface area (Å²) in [6.07, 6.45) is 77.9. The van der Waals surface area contributed by atoms with Gasteiger partial charge in [-0.3, -0.25) is 9.59 Å². The summed E-state index contributed by atoms with van der Waals surface area (Å²) < 4.78 is 5.48. The molecule has 0 aliphatic heterocycles. The molecular weight excluding hydrogens is 899 g/mol. The highest BCUT2D eigenvalue weighted by atomic mass is 16.5. The van der Waals surface area contributed by atoms with E-state index < -0.39 is 12.1 Å². The normalized spacial score (nSPS) is 12.7.